The molecule has 1 aromatic rings. The predicted octanol–water partition coefficient (Wildman–Crippen LogP) is 3.79. The van der Waals surface area contributed by atoms with Gasteiger partial charge in [0.1, 0.15) is 12.4 Å². The summed E-state index contributed by atoms with van der Waals surface area (Å²) in [6, 6.07) is 7.28. The standard InChI is InChI=1S/C30H54INO10/c31-9-3-1-2-4-10-33-11-12-34-13-14-35-15-16-36-17-18-37-19-20-38-21-22-39-23-24-40-25-26-41-27-28-42-30-7-5-29(32)6-8-30/h5-8H,1-4,9-28,32H2. The van der Waals surface area contributed by atoms with Crippen LogP contribution in [0.15, 0.2) is 24.3 Å². The predicted molar refractivity (Wildman–Crippen MR) is 171 cm³/mol. The molecule has 0 spiro atoms. The molecule has 0 aliphatic heterocycles. The Morgan fingerprint density at radius 2 is 0.690 bits per heavy atom. The Morgan fingerprint density at radius 1 is 0.381 bits per heavy atom. The van der Waals surface area contributed by atoms with Crippen molar-refractivity contribution in [1.29, 1.82) is 0 Å². The molecular weight excluding hydrogens is 661 g/mol. The first-order valence-electron chi connectivity index (χ1n) is 15.1. The first-order chi connectivity index (χ1) is 20.8. The molecule has 0 fully saturated rings. The van der Waals surface area contributed by atoms with Crippen LogP contribution in [-0.2, 0) is 42.6 Å². The van der Waals surface area contributed by atoms with Crippen LogP contribution in [0.1, 0.15) is 25.7 Å². The highest BCUT2D eigenvalue weighted by atomic mass is 127. The van der Waals surface area contributed by atoms with Crippen LogP contribution >= 0.6 is 22.6 Å². The summed E-state index contributed by atoms with van der Waals surface area (Å²) in [5.74, 6) is 0.776. The summed E-state index contributed by atoms with van der Waals surface area (Å²) in [6.07, 6.45) is 4.98. The largest absolute Gasteiger partial charge is 0.491 e. The smallest absolute Gasteiger partial charge is 0.119 e. The molecule has 0 bridgehead atoms. The fourth-order valence-electron chi connectivity index (χ4n) is 3.30. The fraction of sp³-hybridized carbons (Fsp3) is 0.800. The maximum atomic E-state index is 5.64. The number of nitrogen functional groups attached to an aromatic ring is 1. The number of unbranched alkanes of at least 4 members (excludes halogenated alkanes) is 3. The number of benzene rings is 1. The van der Waals surface area contributed by atoms with E-state index in [2.05, 4.69) is 22.6 Å². The summed E-state index contributed by atoms with van der Waals surface area (Å²) in [5.41, 5.74) is 6.35. The molecule has 0 aliphatic rings. The number of ether oxygens (including phenoxy) is 10. The van der Waals surface area contributed by atoms with E-state index in [9.17, 15) is 0 Å². The Kier molecular flexibility index (Phi) is 30.9. The fourth-order valence-corrected chi connectivity index (χ4v) is 3.84. The minimum Gasteiger partial charge on any atom is -0.491 e. The Morgan fingerprint density at radius 3 is 1.05 bits per heavy atom. The lowest BCUT2D eigenvalue weighted by Crippen LogP contribution is -2.15. The van der Waals surface area contributed by atoms with Crippen LogP contribution in [0.3, 0.4) is 0 Å². The van der Waals surface area contributed by atoms with E-state index in [0.29, 0.717) is 125 Å². The lowest BCUT2D eigenvalue weighted by molar-refractivity contribution is -0.0254. The molecule has 0 unspecified atom stereocenters. The molecule has 12 heteroatoms. The highest BCUT2D eigenvalue weighted by Gasteiger charge is 1.97. The minimum absolute atomic E-state index is 0.481. The van der Waals surface area contributed by atoms with Gasteiger partial charge in [-0.05, 0) is 41.5 Å². The second-order valence-corrected chi connectivity index (χ2v) is 10.1. The molecule has 0 heterocycles. The summed E-state index contributed by atoms with van der Waals surface area (Å²) in [5, 5.41) is 0. The third-order valence-electron chi connectivity index (χ3n) is 5.52. The normalized spacial score (nSPS) is 11.4. The topological polar surface area (TPSA) is 118 Å². The number of anilines is 1. The van der Waals surface area contributed by atoms with E-state index in [1.165, 1.54) is 23.7 Å². The van der Waals surface area contributed by atoms with Crippen LogP contribution in [0.2, 0.25) is 0 Å². The Balaban J connectivity index is 1.63. The summed E-state index contributed by atoms with van der Waals surface area (Å²) < 4.78 is 56.2. The van der Waals surface area contributed by atoms with Crippen molar-refractivity contribution in [3.8, 4) is 5.75 Å². The molecule has 11 nitrogen and oxygen atoms in total. The van der Waals surface area contributed by atoms with Crippen molar-refractivity contribution in [3.63, 3.8) is 0 Å². The number of halogens is 1. The first kappa shape index (κ1) is 39.2. The number of alkyl halides is 1. The van der Waals surface area contributed by atoms with Crippen molar-refractivity contribution >= 4 is 28.3 Å². The van der Waals surface area contributed by atoms with Crippen molar-refractivity contribution < 1.29 is 47.4 Å². The molecular formula is C30H54INO10. The van der Waals surface area contributed by atoms with E-state index >= 15 is 0 Å². The molecule has 42 heavy (non-hydrogen) atoms. The monoisotopic (exact) mass is 715 g/mol. The molecule has 0 aromatic heterocycles. The Hall–Kier alpha value is -0.810. The zero-order chi connectivity index (χ0) is 30.0. The van der Waals surface area contributed by atoms with Crippen LogP contribution in [-0.4, -0.2) is 130 Å². The molecule has 0 saturated carbocycles. The second kappa shape index (κ2) is 33.1. The van der Waals surface area contributed by atoms with Crippen molar-refractivity contribution in [2.45, 2.75) is 25.7 Å². The van der Waals surface area contributed by atoms with Gasteiger partial charge in [0, 0.05) is 12.3 Å². The Labute approximate surface area is 266 Å². The maximum absolute atomic E-state index is 5.64. The average Bonchev–Trinajstić information content (AvgIpc) is 3.00. The van der Waals surface area contributed by atoms with Crippen LogP contribution in [0, 0.1) is 0 Å². The van der Waals surface area contributed by atoms with Gasteiger partial charge in [-0.15, -0.1) is 0 Å². The van der Waals surface area contributed by atoms with Gasteiger partial charge in [0.25, 0.3) is 0 Å². The van der Waals surface area contributed by atoms with E-state index in [-0.39, 0.29) is 0 Å². The lowest BCUT2D eigenvalue weighted by atomic mass is 10.2. The van der Waals surface area contributed by atoms with Crippen molar-refractivity contribution in [2.24, 2.45) is 0 Å². The molecule has 0 radical (unpaired) electrons. The maximum Gasteiger partial charge on any atom is 0.119 e. The van der Waals surface area contributed by atoms with E-state index < -0.39 is 0 Å². The van der Waals surface area contributed by atoms with Crippen molar-refractivity contribution in [1.82, 2.24) is 0 Å². The van der Waals surface area contributed by atoms with Gasteiger partial charge in [-0.25, -0.2) is 0 Å². The molecule has 0 atom stereocenters. The van der Waals surface area contributed by atoms with Gasteiger partial charge in [-0.2, -0.15) is 0 Å². The molecule has 0 aliphatic carbocycles. The quantitative estimate of drug-likeness (QED) is 0.0486. The van der Waals surface area contributed by atoms with Crippen molar-refractivity contribution in [2.75, 3.05) is 136 Å². The van der Waals surface area contributed by atoms with Gasteiger partial charge in [0.2, 0.25) is 0 Å². The van der Waals surface area contributed by atoms with Gasteiger partial charge < -0.3 is 53.1 Å². The van der Waals surface area contributed by atoms with Gasteiger partial charge in [-0.3, -0.25) is 0 Å². The third kappa shape index (κ3) is 29.3. The van der Waals surface area contributed by atoms with E-state index in [1.54, 1.807) is 12.1 Å². The minimum atomic E-state index is 0.481. The highest BCUT2D eigenvalue weighted by Crippen LogP contribution is 2.12. The van der Waals surface area contributed by atoms with Crippen LogP contribution < -0.4 is 10.5 Å². The summed E-state index contributed by atoms with van der Waals surface area (Å²) in [6.45, 7) is 10.5. The first-order valence-corrected chi connectivity index (χ1v) is 16.6. The van der Waals surface area contributed by atoms with Crippen molar-refractivity contribution in [3.05, 3.63) is 24.3 Å². The van der Waals surface area contributed by atoms with Gasteiger partial charge >= 0.3 is 0 Å². The summed E-state index contributed by atoms with van der Waals surface area (Å²) in [4.78, 5) is 0. The number of rotatable bonds is 34. The van der Waals surface area contributed by atoms with Gasteiger partial charge in [-0.1, -0.05) is 35.4 Å². The Bertz CT molecular complexity index is 659. The van der Waals surface area contributed by atoms with Gasteiger partial charge in [0.15, 0.2) is 0 Å². The summed E-state index contributed by atoms with van der Waals surface area (Å²) in [7, 11) is 0. The molecule has 0 saturated heterocycles. The van der Waals surface area contributed by atoms with Crippen LogP contribution in [0.25, 0.3) is 0 Å². The molecule has 2 N–H and O–H groups in total. The summed E-state index contributed by atoms with van der Waals surface area (Å²) >= 11 is 2.42. The molecule has 1 aromatic carbocycles. The zero-order valence-electron chi connectivity index (χ0n) is 25.3. The SMILES string of the molecule is Nc1ccc(OCCOCCOCCOCCOCCOCCOCCOCCOCCOCCCCCCI)cc1. The number of hydrogen-bond acceptors (Lipinski definition) is 11. The zero-order valence-corrected chi connectivity index (χ0v) is 27.5. The molecule has 0 amide bonds. The van der Waals surface area contributed by atoms with Gasteiger partial charge in [0.05, 0.1) is 112 Å². The van der Waals surface area contributed by atoms with Crippen LogP contribution in [0.5, 0.6) is 5.75 Å². The molecule has 246 valence electrons. The third-order valence-corrected chi connectivity index (χ3v) is 6.29. The number of hydrogen-bond donors (Lipinski definition) is 1. The van der Waals surface area contributed by atoms with Crippen LogP contribution in [0.4, 0.5) is 5.69 Å². The van der Waals surface area contributed by atoms with E-state index in [0.717, 1.165) is 18.8 Å². The molecule has 1 rings (SSSR count). The van der Waals surface area contributed by atoms with E-state index in [4.69, 9.17) is 53.1 Å². The lowest BCUT2D eigenvalue weighted by Gasteiger charge is -2.09. The number of nitrogens with two attached hydrogens (primary N) is 1. The highest BCUT2D eigenvalue weighted by molar-refractivity contribution is 14.1. The second-order valence-electron chi connectivity index (χ2n) is 9.03. The van der Waals surface area contributed by atoms with E-state index in [1.807, 2.05) is 12.1 Å². The average molecular weight is 716 g/mol.